The Labute approximate surface area is 185 Å². The van der Waals surface area contributed by atoms with Gasteiger partial charge in [0.2, 0.25) is 0 Å². The molecule has 1 heterocycles. The van der Waals surface area contributed by atoms with Crippen LogP contribution in [0.4, 0.5) is 0 Å². The zero-order valence-corrected chi connectivity index (χ0v) is 18.7. The Morgan fingerprint density at radius 2 is 1.77 bits per heavy atom. The number of hydrogen-bond acceptors (Lipinski definition) is 2. The van der Waals surface area contributed by atoms with E-state index in [0.29, 0.717) is 17.4 Å². The molecule has 0 saturated heterocycles. The molecule has 1 saturated carbocycles. The van der Waals surface area contributed by atoms with Crippen molar-refractivity contribution < 1.29 is 9.53 Å². The van der Waals surface area contributed by atoms with Crippen molar-refractivity contribution in [2.75, 3.05) is 7.11 Å². The molecule has 31 heavy (non-hydrogen) atoms. The Balaban J connectivity index is 1.42. The van der Waals surface area contributed by atoms with E-state index in [2.05, 4.69) is 47.6 Å². The number of carbonyl (C=O) groups is 1. The van der Waals surface area contributed by atoms with Crippen molar-refractivity contribution in [2.45, 2.75) is 51.5 Å². The molecular weight excluding hydrogens is 384 g/mol. The van der Waals surface area contributed by atoms with Gasteiger partial charge in [0.15, 0.2) is 0 Å². The second-order valence-electron chi connectivity index (χ2n) is 8.76. The maximum atomic E-state index is 13.2. The van der Waals surface area contributed by atoms with Crippen LogP contribution in [0, 0.1) is 12.8 Å². The molecule has 162 valence electrons. The first kappa shape index (κ1) is 21.2. The Bertz CT molecular complexity index is 1020. The van der Waals surface area contributed by atoms with Gasteiger partial charge in [-0.25, -0.2) is 0 Å². The summed E-state index contributed by atoms with van der Waals surface area (Å²) in [7, 11) is 1.65. The Morgan fingerprint density at radius 3 is 2.48 bits per heavy atom. The first-order chi connectivity index (χ1) is 15.0. The summed E-state index contributed by atoms with van der Waals surface area (Å²) < 4.78 is 5.35. The summed E-state index contributed by atoms with van der Waals surface area (Å²) in [4.78, 5) is 16.5. The molecular formula is C27H32N2O2. The largest absolute Gasteiger partial charge is 0.497 e. The summed E-state index contributed by atoms with van der Waals surface area (Å²) in [6.45, 7) is 4.13. The molecule has 4 heteroatoms. The molecule has 1 fully saturated rings. The smallest absolute Gasteiger partial charge is 0.253 e. The number of nitrogens with one attached hydrogen (secondary N) is 2. The summed E-state index contributed by atoms with van der Waals surface area (Å²) in [6, 6.07) is 20.7. The minimum Gasteiger partial charge on any atom is -0.497 e. The average molecular weight is 417 g/mol. The minimum absolute atomic E-state index is 0.0140. The normalized spacial score (nSPS) is 19.6. The third-order valence-electron chi connectivity index (χ3n) is 6.66. The van der Waals surface area contributed by atoms with Gasteiger partial charge < -0.3 is 15.0 Å². The number of ether oxygens (including phenoxy) is 1. The second-order valence-corrected chi connectivity index (χ2v) is 8.76. The number of benzene rings is 2. The third-order valence-corrected chi connectivity index (χ3v) is 6.66. The molecule has 2 aromatic carbocycles. The van der Waals surface area contributed by atoms with Crippen LogP contribution in [0.25, 0.3) is 11.3 Å². The zero-order valence-electron chi connectivity index (χ0n) is 18.7. The number of aryl methyl sites for hydroxylation is 1. The predicted octanol–water partition coefficient (Wildman–Crippen LogP) is 6.09. The molecule has 4 nitrogen and oxygen atoms in total. The molecule has 2 N–H and O–H groups in total. The van der Waals surface area contributed by atoms with Gasteiger partial charge in [-0.2, -0.15) is 0 Å². The van der Waals surface area contributed by atoms with Crippen LogP contribution >= 0.6 is 0 Å². The van der Waals surface area contributed by atoms with E-state index in [-0.39, 0.29) is 11.9 Å². The van der Waals surface area contributed by atoms with Crippen molar-refractivity contribution in [3.8, 4) is 17.0 Å². The lowest BCUT2D eigenvalue weighted by molar-refractivity contribution is 0.0918. The Kier molecular flexibility index (Phi) is 6.45. The fraction of sp³-hybridized carbons (Fsp3) is 0.370. The summed E-state index contributed by atoms with van der Waals surface area (Å²) in [5.74, 6) is 1.93. The lowest BCUT2D eigenvalue weighted by atomic mass is 9.76. The fourth-order valence-corrected chi connectivity index (χ4v) is 4.85. The van der Waals surface area contributed by atoms with Crippen LogP contribution in [-0.2, 0) is 0 Å². The minimum atomic E-state index is -0.0140. The van der Waals surface area contributed by atoms with Crippen LogP contribution in [0.15, 0.2) is 60.7 Å². The van der Waals surface area contributed by atoms with E-state index >= 15 is 0 Å². The van der Waals surface area contributed by atoms with E-state index in [1.54, 1.807) is 7.11 Å². The van der Waals surface area contributed by atoms with E-state index in [1.165, 1.54) is 18.4 Å². The van der Waals surface area contributed by atoms with Crippen molar-refractivity contribution in [1.29, 1.82) is 0 Å². The highest BCUT2D eigenvalue weighted by atomic mass is 16.5. The van der Waals surface area contributed by atoms with Gasteiger partial charge in [-0.3, -0.25) is 4.79 Å². The van der Waals surface area contributed by atoms with E-state index in [0.717, 1.165) is 35.5 Å². The Hall–Kier alpha value is -3.01. The van der Waals surface area contributed by atoms with Crippen molar-refractivity contribution in [2.24, 2.45) is 5.92 Å². The Morgan fingerprint density at radius 1 is 1.03 bits per heavy atom. The van der Waals surface area contributed by atoms with Crippen LogP contribution in [0.1, 0.15) is 60.1 Å². The number of H-pyrrole nitrogens is 1. The number of carbonyl (C=O) groups excluding carboxylic acids is 1. The molecule has 0 unspecified atom stereocenters. The summed E-state index contributed by atoms with van der Waals surface area (Å²) in [6.07, 6.45) is 4.67. The van der Waals surface area contributed by atoms with E-state index < -0.39 is 0 Å². The van der Waals surface area contributed by atoms with Gasteiger partial charge in [0.25, 0.3) is 5.91 Å². The van der Waals surface area contributed by atoms with E-state index in [4.69, 9.17) is 4.74 Å². The molecule has 4 rings (SSSR count). The number of rotatable bonds is 6. The van der Waals surface area contributed by atoms with Gasteiger partial charge in [0.1, 0.15) is 5.75 Å². The standard InChI is InChI=1S/C27H32N2O2/c1-18-16-25(26(28-18)23-10-7-11-24(17-23)31-3)27(30)29-19(2)20-12-14-22(15-13-20)21-8-5-4-6-9-21/h4-11,16-17,19-20,22,28H,12-15H2,1-3H3,(H,29,30)/t19-,20?,22?/m1/s1. The van der Waals surface area contributed by atoms with Crippen molar-refractivity contribution >= 4 is 5.91 Å². The van der Waals surface area contributed by atoms with Gasteiger partial charge in [-0.1, -0.05) is 42.5 Å². The topological polar surface area (TPSA) is 54.1 Å². The van der Waals surface area contributed by atoms with Gasteiger partial charge >= 0.3 is 0 Å². The molecule has 1 aromatic heterocycles. The lowest BCUT2D eigenvalue weighted by Gasteiger charge is -2.33. The number of hydrogen-bond donors (Lipinski definition) is 2. The predicted molar refractivity (Wildman–Crippen MR) is 126 cm³/mol. The summed E-state index contributed by atoms with van der Waals surface area (Å²) in [5, 5.41) is 3.28. The SMILES string of the molecule is COc1cccc(-c2[nH]c(C)cc2C(=O)N[C@H](C)C2CCC(c3ccccc3)CC2)c1. The first-order valence-corrected chi connectivity index (χ1v) is 11.2. The maximum Gasteiger partial charge on any atom is 0.253 e. The number of methoxy groups -OCH3 is 1. The molecule has 1 atom stereocenters. The van der Waals surface area contributed by atoms with Crippen LogP contribution in [-0.4, -0.2) is 24.0 Å². The highest BCUT2D eigenvalue weighted by Crippen LogP contribution is 2.37. The molecule has 0 radical (unpaired) electrons. The highest BCUT2D eigenvalue weighted by molar-refractivity contribution is 6.00. The zero-order chi connectivity index (χ0) is 21.8. The van der Waals surface area contributed by atoms with Crippen LogP contribution in [0.3, 0.4) is 0 Å². The van der Waals surface area contributed by atoms with Crippen LogP contribution < -0.4 is 10.1 Å². The molecule has 1 aliphatic rings. The quantitative estimate of drug-likeness (QED) is 0.511. The number of amides is 1. The van der Waals surface area contributed by atoms with Crippen LogP contribution in [0.5, 0.6) is 5.75 Å². The molecule has 0 spiro atoms. The van der Waals surface area contributed by atoms with Crippen LogP contribution in [0.2, 0.25) is 0 Å². The monoisotopic (exact) mass is 416 g/mol. The number of aromatic nitrogens is 1. The molecule has 3 aromatic rings. The highest BCUT2D eigenvalue weighted by Gasteiger charge is 2.28. The van der Waals surface area contributed by atoms with Gasteiger partial charge in [-0.15, -0.1) is 0 Å². The van der Waals surface area contributed by atoms with Crippen molar-refractivity contribution in [3.05, 3.63) is 77.5 Å². The first-order valence-electron chi connectivity index (χ1n) is 11.2. The molecule has 0 aliphatic heterocycles. The summed E-state index contributed by atoms with van der Waals surface area (Å²) >= 11 is 0. The van der Waals surface area contributed by atoms with Gasteiger partial charge in [0, 0.05) is 17.3 Å². The average Bonchev–Trinajstić information content (AvgIpc) is 3.21. The number of aromatic amines is 1. The lowest BCUT2D eigenvalue weighted by Crippen LogP contribution is -2.39. The molecule has 0 bridgehead atoms. The van der Waals surface area contributed by atoms with Gasteiger partial charge in [0.05, 0.1) is 18.4 Å². The van der Waals surface area contributed by atoms with Crippen molar-refractivity contribution in [3.63, 3.8) is 0 Å². The summed E-state index contributed by atoms with van der Waals surface area (Å²) in [5.41, 5.74) is 4.90. The van der Waals surface area contributed by atoms with E-state index in [1.807, 2.05) is 37.3 Å². The van der Waals surface area contributed by atoms with Gasteiger partial charge in [-0.05, 0) is 75.1 Å². The molecule has 1 amide bonds. The van der Waals surface area contributed by atoms with E-state index in [9.17, 15) is 4.79 Å². The molecule has 1 aliphatic carbocycles. The third kappa shape index (κ3) is 4.84. The van der Waals surface area contributed by atoms with Crippen molar-refractivity contribution in [1.82, 2.24) is 10.3 Å². The fourth-order valence-electron chi connectivity index (χ4n) is 4.85. The second kappa shape index (κ2) is 9.42. The maximum absolute atomic E-state index is 13.2.